The first-order valence-corrected chi connectivity index (χ1v) is 9.64. The van der Waals surface area contributed by atoms with Crippen LogP contribution in [0.1, 0.15) is 44.7 Å². The van der Waals surface area contributed by atoms with Gasteiger partial charge in [0.05, 0.1) is 5.92 Å². The SMILES string of the molecule is CCc1ccccc1N1CC(C(=O)Nc2nnc(C(C)(C)C)s2)CC1=O. The number of nitrogens with one attached hydrogen (secondary N) is 1. The summed E-state index contributed by atoms with van der Waals surface area (Å²) in [6, 6.07) is 7.85. The third kappa shape index (κ3) is 3.77. The zero-order chi connectivity index (χ0) is 18.9. The Hall–Kier alpha value is -2.28. The van der Waals surface area contributed by atoms with Crippen LogP contribution in [0.25, 0.3) is 0 Å². The minimum atomic E-state index is -0.380. The van der Waals surface area contributed by atoms with E-state index in [-0.39, 0.29) is 29.6 Å². The van der Waals surface area contributed by atoms with Gasteiger partial charge in [0.15, 0.2) is 0 Å². The number of carbonyl (C=O) groups excluding carboxylic acids is 2. The maximum atomic E-state index is 12.6. The number of hydrogen-bond acceptors (Lipinski definition) is 5. The van der Waals surface area contributed by atoms with Crippen molar-refractivity contribution in [3.05, 3.63) is 34.8 Å². The molecule has 0 bridgehead atoms. The second kappa shape index (κ2) is 7.15. The van der Waals surface area contributed by atoms with Crippen LogP contribution in [0.5, 0.6) is 0 Å². The fraction of sp³-hybridized carbons (Fsp3) is 0.474. The first kappa shape index (κ1) is 18.5. The van der Waals surface area contributed by atoms with Gasteiger partial charge in [-0.2, -0.15) is 0 Å². The van der Waals surface area contributed by atoms with Gasteiger partial charge in [0, 0.05) is 24.1 Å². The molecular weight excluding hydrogens is 348 g/mol. The Kier molecular flexibility index (Phi) is 5.09. The zero-order valence-corrected chi connectivity index (χ0v) is 16.4. The highest BCUT2D eigenvalue weighted by atomic mass is 32.1. The van der Waals surface area contributed by atoms with Crippen LogP contribution < -0.4 is 10.2 Å². The van der Waals surface area contributed by atoms with Gasteiger partial charge in [0.25, 0.3) is 0 Å². The largest absolute Gasteiger partial charge is 0.311 e. The Morgan fingerprint density at radius 1 is 1.31 bits per heavy atom. The highest BCUT2D eigenvalue weighted by Gasteiger charge is 2.36. The highest BCUT2D eigenvalue weighted by Crippen LogP contribution is 2.31. The number of para-hydroxylation sites is 1. The average Bonchev–Trinajstić information content (AvgIpc) is 3.21. The molecule has 1 fully saturated rings. The molecule has 0 spiro atoms. The topological polar surface area (TPSA) is 75.2 Å². The van der Waals surface area contributed by atoms with E-state index >= 15 is 0 Å². The summed E-state index contributed by atoms with van der Waals surface area (Å²) in [6.07, 6.45) is 1.06. The Morgan fingerprint density at radius 2 is 2.04 bits per heavy atom. The minimum absolute atomic E-state index is 0.0151. The van der Waals surface area contributed by atoms with Gasteiger partial charge in [-0.1, -0.05) is 57.2 Å². The van der Waals surface area contributed by atoms with Crippen molar-refractivity contribution in [3.63, 3.8) is 0 Å². The number of hydrogen-bond donors (Lipinski definition) is 1. The molecule has 1 unspecified atom stereocenters. The summed E-state index contributed by atoms with van der Waals surface area (Å²) in [5, 5.41) is 12.4. The van der Waals surface area contributed by atoms with Gasteiger partial charge in [0.2, 0.25) is 16.9 Å². The van der Waals surface area contributed by atoms with E-state index in [0.29, 0.717) is 11.7 Å². The van der Waals surface area contributed by atoms with Gasteiger partial charge in [-0.3, -0.25) is 9.59 Å². The number of aromatic nitrogens is 2. The van der Waals surface area contributed by atoms with Crippen molar-refractivity contribution in [3.8, 4) is 0 Å². The molecule has 2 aromatic rings. The van der Waals surface area contributed by atoms with E-state index in [1.807, 2.05) is 24.3 Å². The number of aryl methyl sites for hydroxylation is 1. The van der Waals surface area contributed by atoms with E-state index in [9.17, 15) is 9.59 Å². The summed E-state index contributed by atoms with van der Waals surface area (Å²) in [4.78, 5) is 26.8. The van der Waals surface area contributed by atoms with Crippen molar-refractivity contribution in [1.29, 1.82) is 0 Å². The lowest BCUT2D eigenvalue weighted by Crippen LogP contribution is -2.28. The zero-order valence-electron chi connectivity index (χ0n) is 15.6. The number of nitrogens with zero attached hydrogens (tertiary/aromatic N) is 3. The monoisotopic (exact) mass is 372 g/mol. The molecule has 2 heterocycles. The quantitative estimate of drug-likeness (QED) is 0.893. The molecule has 1 aliphatic rings. The number of anilines is 2. The van der Waals surface area contributed by atoms with Crippen LogP contribution in [0.3, 0.4) is 0 Å². The number of benzene rings is 1. The molecule has 1 atom stereocenters. The predicted molar refractivity (Wildman–Crippen MR) is 104 cm³/mol. The summed E-state index contributed by atoms with van der Waals surface area (Å²) in [6.45, 7) is 8.62. The minimum Gasteiger partial charge on any atom is -0.311 e. The number of amides is 2. The second-order valence-corrected chi connectivity index (χ2v) is 8.52. The molecule has 1 N–H and O–H groups in total. The summed E-state index contributed by atoms with van der Waals surface area (Å²) in [5.74, 6) is -0.570. The predicted octanol–water partition coefficient (Wildman–Crippen LogP) is 3.39. The maximum Gasteiger partial charge on any atom is 0.231 e. The fourth-order valence-corrected chi connectivity index (χ4v) is 3.78. The lowest BCUT2D eigenvalue weighted by molar-refractivity contribution is -0.122. The maximum absolute atomic E-state index is 12.6. The first-order chi connectivity index (χ1) is 12.3. The van der Waals surface area contributed by atoms with Gasteiger partial charge in [0.1, 0.15) is 5.01 Å². The van der Waals surface area contributed by atoms with Crippen molar-refractivity contribution in [2.45, 2.75) is 46.0 Å². The molecule has 138 valence electrons. The summed E-state index contributed by atoms with van der Waals surface area (Å²) >= 11 is 1.38. The highest BCUT2D eigenvalue weighted by molar-refractivity contribution is 7.15. The normalized spacial score (nSPS) is 17.6. The van der Waals surface area contributed by atoms with Crippen molar-refractivity contribution >= 4 is 34.0 Å². The molecule has 26 heavy (non-hydrogen) atoms. The van der Waals surface area contributed by atoms with Crippen LogP contribution in [0.2, 0.25) is 0 Å². The van der Waals surface area contributed by atoms with E-state index in [0.717, 1.165) is 22.7 Å². The second-order valence-electron chi connectivity index (χ2n) is 7.54. The van der Waals surface area contributed by atoms with E-state index in [2.05, 4.69) is 43.2 Å². The van der Waals surface area contributed by atoms with Gasteiger partial charge in [-0.05, 0) is 18.1 Å². The summed E-state index contributed by atoms with van der Waals surface area (Å²) < 4.78 is 0. The lowest BCUT2D eigenvalue weighted by atomic mass is 9.98. The standard InChI is InChI=1S/C19H24N4O2S/c1-5-12-8-6-7-9-14(12)23-11-13(10-15(23)24)16(25)20-18-22-21-17(26-18)19(2,3)4/h6-9,13H,5,10-11H2,1-4H3,(H,20,22,25). The first-order valence-electron chi connectivity index (χ1n) is 8.82. The Balaban J connectivity index is 1.70. The van der Waals surface area contributed by atoms with Gasteiger partial charge in [-0.15, -0.1) is 10.2 Å². The Bertz CT molecular complexity index is 825. The molecular formula is C19H24N4O2S. The lowest BCUT2D eigenvalue weighted by Gasteiger charge is -2.19. The van der Waals surface area contributed by atoms with Gasteiger partial charge >= 0.3 is 0 Å². The summed E-state index contributed by atoms with van der Waals surface area (Å²) in [5.41, 5.74) is 1.91. The van der Waals surface area contributed by atoms with Crippen molar-refractivity contribution in [2.75, 3.05) is 16.8 Å². The molecule has 1 aromatic heterocycles. The van der Waals surface area contributed by atoms with Crippen molar-refractivity contribution in [2.24, 2.45) is 5.92 Å². The third-order valence-electron chi connectivity index (χ3n) is 4.46. The Morgan fingerprint density at radius 3 is 2.69 bits per heavy atom. The third-order valence-corrected chi connectivity index (χ3v) is 5.72. The molecule has 0 aliphatic carbocycles. The van der Waals surface area contributed by atoms with E-state index in [1.54, 1.807) is 4.90 Å². The van der Waals surface area contributed by atoms with E-state index in [1.165, 1.54) is 11.3 Å². The molecule has 0 saturated carbocycles. The van der Waals surface area contributed by atoms with E-state index in [4.69, 9.17) is 0 Å². The molecule has 1 saturated heterocycles. The molecule has 1 aromatic carbocycles. The Labute approximate surface area is 157 Å². The van der Waals surface area contributed by atoms with E-state index < -0.39 is 0 Å². The number of rotatable bonds is 4. The molecule has 1 aliphatic heterocycles. The van der Waals surface area contributed by atoms with Crippen LogP contribution in [0.4, 0.5) is 10.8 Å². The smallest absolute Gasteiger partial charge is 0.231 e. The molecule has 7 heteroatoms. The van der Waals surface area contributed by atoms with Crippen LogP contribution in [-0.2, 0) is 21.4 Å². The summed E-state index contributed by atoms with van der Waals surface area (Å²) in [7, 11) is 0. The van der Waals surface area contributed by atoms with Crippen molar-refractivity contribution < 1.29 is 9.59 Å². The van der Waals surface area contributed by atoms with Crippen molar-refractivity contribution in [1.82, 2.24) is 10.2 Å². The van der Waals surface area contributed by atoms with Crippen LogP contribution >= 0.6 is 11.3 Å². The van der Waals surface area contributed by atoms with Crippen LogP contribution in [0, 0.1) is 5.92 Å². The van der Waals surface area contributed by atoms with Gasteiger partial charge in [-0.25, -0.2) is 0 Å². The molecule has 6 nitrogen and oxygen atoms in total. The molecule has 0 radical (unpaired) electrons. The molecule has 3 rings (SSSR count). The number of carbonyl (C=O) groups is 2. The van der Waals surface area contributed by atoms with Crippen LogP contribution in [-0.4, -0.2) is 28.6 Å². The molecule has 2 amide bonds. The average molecular weight is 372 g/mol. The fourth-order valence-electron chi connectivity index (χ4n) is 2.97. The van der Waals surface area contributed by atoms with Gasteiger partial charge < -0.3 is 10.2 Å². The van der Waals surface area contributed by atoms with Crippen LogP contribution in [0.15, 0.2) is 24.3 Å².